The van der Waals surface area contributed by atoms with Crippen LogP contribution in [0.25, 0.3) is 6.08 Å². The lowest BCUT2D eigenvalue weighted by atomic mass is 10.1. The van der Waals surface area contributed by atoms with Gasteiger partial charge in [0.25, 0.3) is 5.91 Å². The van der Waals surface area contributed by atoms with E-state index in [1.807, 2.05) is 37.3 Å². The predicted molar refractivity (Wildman–Crippen MR) is 96.4 cm³/mol. The number of hydrogen-bond acceptors (Lipinski definition) is 4. The Morgan fingerprint density at radius 1 is 1.25 bits per heavy atom. The number of anilines is 1. The zero-order chi connectivity index (χ0) is 16.9. The summed E-state index contributed by atoms with van der Waals surface area (Å²) in [7, 11) is 0. The van der Waals surface area contributed by atoms with E-state index in [4.69, 9.17) is 9.47 Å². The Kier molecular flexibility index (Phi) is 5.15. The molecule has 0 saturated carbocycles. The van der Waals surface area contributed by atoms with E-state index < -0.39 is 0 Å². The highest BCUT2D eigenvalue weighted by Gasteiger charge is 2.13. The molecule has 1 aliphatic heterocycles. The van der Waals surface area contributed by atoms with Crippen LogP contribution in [-0.4, -0.2) is 30.6 Å². The van der Waals surface area contributed by atoms with Crippen molar-refractivity contribution in [3.63, 3.8) is 0 Å². The highest BCUT2D eigenvalue weighted by molar-refractivity contribution is 9.10. The van der Waals surface area contributed by atoms with Gasteiger partial charge in [0.1, 0.15) is 19.0 Å². The van der Waals surface area contributed by atoms with Crippen LogP contribution in [0.1, 0.15) is 12.5 Å². The van der Waals surface area contributed by atoms with Crippen LogP contribution in [0.4, 0.5) is 5.82 Å². The normalized spacial score (nSPS) is 13.1. The molecule has 1 amide bonds. The first-order valence-electron chi connectivity index (χ1n) is 7.68. The van der Waals surface area contributed by atoms with Crippen molar-refractivity contribution in [2.45, 2.75) is 6.92 Å². The van der Waals surface area contributed by atoms with Crippen LogP contribution in [0.15, 0.2) is 47.1 Å². The van der Waals surface area contributed by atoms with Gasteiger partial charge in [-0.15, -0.1) is 0 Å². The van der Waals surface area contributed by atoms with Gasteiger partial charge in [0, 0.05) is 23.3 Å². The van der Waals surface area contributed by atoms with Crippen LogP contribution in [0.3, 0.4) is 0 Å². The molecule has 0 atom stereocenters. The number of pyridine rings is 1. The van der Waals surface area contributed by atoms with E-state index in [1.165, 1.54) is 0 Å². The molecule has 0 radical (unpaired) electrons. The van der Waals surface area contributed by atoms with Crippen LogP contribution >= 0.6 is 15.9 Å². The maximum atomic E-state index is 12.5. The molecule has 0 fully saturated rings. The van der Waals surface area contributed by atoms with E-state index in [9.17, 15) is 4.79 Å². The Morgan fingerprint density at radius 3 is 2.75 bits per heavy atom. The molecule has 0 bridgehead atoms. The zero-order valence-corrected chi connectivity index (χ0v) is 14.8. The molecule has 0 unspecified atom stereocenters. The number of rotatable bonds is 4. The number of benzene rings is 1. The highest BCUT2D eigenvalue weighted by atomic mass is 79.9. The fourth-order valence-electron chi connectivity index (χ4n) is 2.38. The van der Waals surface area contributed by atoms with Crippen LogP contribution in [0.5, 0.6) is 11.5 Å². The van der Waals surface area contributed by atoms with E-state index in [0.29, 0.717) is 31.3 Å². The summed E-state index contributed by atoms with van der Waals surface area (Å²) in [6, 6.07) is 9.29. The third-order valence-electron chi connectivity index (χ3n) is 3.56. The Balaban J connectivity index is 1.75. The van der Waals surface area contributed by atoms with E-state index in [1.54, 1.807) is 23.2 Å². The maximum absolute atomic E-state index is 12.5. The van der Waals surface area contributed by atoms with Crippen molar-refractivity contribution >= 4 is 33.7 Å². The number of carbonyl (C=O) groups is 1. The third-order valence-corrected chi connectivity index (χ3v) is 4.02. The summed E-state index contributed by atoms with van der Waals surface area (Å²) in [6.45, 7) is 3.56. The Hall–Kier alpha value is -2.34. The summed E-state index contributed by atoms with van der Waals surface area (Å²) in [5.74, 6) is 1.94. The largest absolute Gasteiger partial charge is 0.486 e. The van der Waals surface area contributed by atoms with Gasteiger partial charge < -0.3 is 9.47 Å². The Labute approximate surface area is 149 Å². The van der Waals surface area contributed by atoms with Gasteiger partial charge in [-0.1, -0.05) is 6.07 Å². The van der Waals surface area contributed by atoms with Crippen LogP contribution in [0.2, 0.25) is 0 Å². The molecule has 24 heavy (non-hydrogen) atoms. The molecule has 0 N–H and O–H groups in total. The summed E-state index contributed by atoms with van der Waals surface area (Å²) in [5, 5.41) is 0. The highest BCUT2D eigenvalue weighted by Crippen LogP contribution is 2.31. The minimum atomic E-state index is -0.123. The smallest absolute Gasteiger partial charge is 0.252 e. The number of amides is 1. The molecule has 2 aromatic rings. The summed E-state index contributed by atoms with van der Waals surface area (Å²) >= 11 is 3.34. The molecule has 0 spiro atoms. The molecule has 0 aliphatic carbocycles. The summed E-state index contributed by atoms with van der Waals surface area (Å²) in [4.78, 5) is 18.3. The number of likely N-dealkylation sites (N-methyl/N-ethyl adjacent to an activating group) is 1. The van der Waals surface area contributed by atoms with E-state index in [0.717, 1.165) is 15.8 Å². The molecule has 2 heterocycles. The van der Waals surface area contributed by atoms with Gasteiger partial charge >= 0.3 is 0 Å². The molecule has 6 heteroatoms. The van der Waals surface area contributed by atoms with Gasteiger partial charge in [-0.05, 0) is 58.8 Å². The topological polar surface area (TPSA) is 51.7 Å². The van der Waals surface area contributed by atoms with Gasteiger partial charge in [-0.3, -0.25) is 9.69 Å². The predicted octanol–water partition coefficient (Wildman–Crippen LogP) is 3.68. The standard InChI is InChI=1S/C18H17BrN2O3/c1-2-21(17-7-5-14(19)12-20-17)18(22)8-4-13-3-6-15-16(11-13)24-10-9-23-15/h3-8,11-12H,2,9-10H2,1H3/b8-4+. The maximum Gasteiger partial charge on any atom is 0.252 e. The lowest BCUT2D eigenvalue weighted by Gasteiger charge is -2.19. The number of halogens is 1. The monoisotopic (exact) mass is 388 g/mol. The lowest BCUT2D eigenvalue weighted by Crippen LogP contribution is -2.29. The third kappa shape index (κ3) is 3.76. The van der Waals surface area contributed by atoms with Crippen molar-refractivity contribution < 1.29 is 14.3 Å². The Morgan fingerprint density at radius 2 is 2.04 bits per heavy atom. The number of ether oxygens (including phenoxy) is 2. The average molecular weight is 389 g/mol. The van der Waals surface area contributed by atoms with Crippen molar-refractivity contribution in [3.05, 3.63) is 52.6 Å². The van der Waals surface area contributed by atoms with Crippen LogP contribution in [-0.2, 0) is 4.79 Å². The first-order chi connectivity index (χ1) is 11.7. The number of fused-ring (bicyclic) bond motifs is 1. The molecule has 1 aliphatic rings. The van der Waals surface area contributed by atoms with Crippen molar-refractivity contribution in [2.75, 3.05) is 24.7 Å². The second-order valence-corrected chi connectivity index (χ2v) is 6.07. The van der Waals surface area contributed by atoms with Gasteiger partial charge in [0.15, 0.2) is 11.5 Å². The molecular formula is C18H17BrN2O3. The Bertz CT molecular complexity index is 759. The lowest BCUT2D eigenvalue weighted by molar-refractivity contribution is -0.114. The van der Waals surface area contributed by atoms with Crippen LogP contribution in [0, 0.1) is 0 Å². The van der Waals surface area contributed by atoms with Crippen molar-refractivity contribution in [3.8, 4) is 11.5 Å². The number of hydrogen-bond donors (Lipinski definition) is 0. The fourth-order valence-corrected chi connectivity index (χ4v) is 2.61. The minimum Gasteiger partial charge on any atom is -0.486 e. The molecule has 0 saturated heterocycles. The van der Waals surface area contributed by atoms with Crippen molar-refractivity contribution in [2.24, 2.45) is 0 Å². The van der Waals surface area contributed by atoms with Crippen molar-refractivity contribution in [1.82, 2.24) is 4.98 Å². The summed E-state index contributed by atoms with van der Waals surface area (Å²) in [6.07, 6.45) is 4.98. The van der Waals surface area contributed by atoms with Gasteiger partial charge in [0.05, 0.1) is 0 Å². The van der Waals surface area contributed by atoms with Crippen molar-refractivity contribution in [1.29, 1.82) is 0 Å². The fraction of sp³-hybridized carbons (Fsp3) is 0.222. The van der Waals surface area contributed by atoms with Gasteiger partial charge in [0.2, 0.25) is 0 Å². The van der Waals surface area contributed by atoms with E-state index in [2.05, 4.69) is 20.9 Å². The second-order valence-electron chi connectivity index (χ2n) is 5.15. The number of carbonyl (C=O) groups excluding carboxylic acids is 1. The number of nitrogens with zero attached hydrogens (tertiary/aromatic N) is 2. The van der Waals surface area contributed by atoms with E-state index in [-0.39, 0.29) is 5.91 Å². The summed E-state index contributed by atoms with van der Waals surface area (Å²) in [5.41, 5.74) is 0.882. The number of aromatic nitrogens is 1. The summed E-state index contributed by atoms with van der Waals surface area (Å²) < 4.78 is 11.9. The SMILES string of the molecule is CCN(C(=O)/C=C/c1ccc2c(c1)OCCO2)c1ccc(Br)cn1. The van der Waals surface area contributed by atoms with E-state index >= 15 is 0 Å². The molecule has 5 nitrogen and oxygen atoms in total. The first kappa shape index (κ1) is 16.5. The average Bonchev–Trinajstić information content (AvgIpc) is 2.62. The molecule has 3 rings (SSSR count). The molecule has 1 aromatic heterocycles. The first-order valence-corrected chi connectivity index (χ1v) is 8.47. The second kappa shape index (κ2) is 7.49. The zero-order valence-electron chi connectivity index (χ0n) is 13.2. The van der Waals surface area contributed by atoms with Crippen LogP contribution < -0.4 is 14.4 Å². The molecule has 124 valence electrons. The molecular weight excluding hydrogens is 372 g/mol. The van der Waals surface area contributed by atoms with Gasteiger partial charge in [-0.25, -0.2) is 4.98 Å². The van der Waals surface area contributed by atoms with Gasteiger partial charge in [-0.2, -0.15) is 0 Å². The quantitative estimate of drug-likeness (QED) is 0.749. The minimum absolute atomic E-state index is 0.123. The molecule has 1 aromatic carbocycles.